The zero-order valence-corrected chi connectivity index (χ0v) is 9.94. The van der Waals surface area contributed by atoms with E-state index in [0.717, 1.165) is 29.7 Å². The number of carbonyl (C=O) groups is 1. The maximum atomic E-state index is 11.2. The average Bonchev–Trinajstić information content (AvgIpc) is 3.05. The Morgan fingerprint density at radius 3 is 2.88 bits per heavy atom. The van der Waals surface area contributed by atoms with E-state index in [1.807, 2.05) is 18.2 Å². The SMILES string of the molecule is CC1CC1C(O)c1ccc2c(c1)CCC(=O)N2. The fraction of sp³-hybridized carbons (Fsp3) is 0.500. The van der Waals surface area contributed by atoms with E-state index < -0.39 is 0 Å². The van der Waals surface area contributed by atoms with E-state index in [1.54, 1.807) is 0 Å². The number of hydrogen-bond donors (Lipinski definition) is 2. The Morgan fingerprint density at radius 2 is 2.18 bits per heavy atom. The molecule has 3 unspecified atom stereocenters. The molecular formula is C14H17NO2. The molecular weight excluding hydrogens is 214 g/mol. The van der Waals surface area contributed by atoms with Crippen LogP contribution in [0.4, 0.5) is 5.69 Å². The quantitative estimate of drug-likeness (QED) is 0.820. The van der Waals surface area contributed by atoms with Crippen molar-refractivity contribution >= 4 is 11.6 Å². The van der Waals surface area contributed by atoms with Gasteiger partial charge in [0.05, 0.1) is 6.10 Å². The second-order valence-corrected chi connectivity index (χ2v) is 5.29. The summed E-state index contributed by atoms with van der Waals surface area (Å²) in [4.78, 5) is 11.2. The summed E-state index contributed by atoms with van der Waals surface area (Å²) in [5.74, 6) is 1.15. The molecule has 17 heavy (non-hydrogen) atoms. The first-order valence-corrected chi connectivity index (χ1v) is 6.26. The largest absolute Gasteiger partial charge is 0.388 e. The molecule has 3 rings (SSSR count). The van der Waals surface area contributed by atoms with Gasteiger partial charge in [-0.2, -0.15) is 0 Å². The van der Waals surface area contributed by atoms with Crippen molar-refractivity contribution in [2.24, 2.45) is 11.8 Å². The molecule has 1 aromatic carbocycles. The molecule has 3 atom stereocenters. The van der Waals surface area contributed by atoms with Crippen LogP contribution in [0.2, 0.25) is 0 Å². The highest BCUT2D eigenvalue weighted by molar-refractivity contribution is 5.93. The highest BCUT2D eigenvalue weighted by Gasteiger charge is 2.39. The monoisotopic (exact) mass is 231 g/mol. The molecule has 1 saturated carbocycles. The topological polar surface area (TPSA) is 49.3 Å². The van der Waals surface area contributed by atoms with Gasteiger partial charge in [0.2, 0.25) is 5.91 Å². The molecule has 2 N–H and O–H groups in total. The molecule has 3 heteroatoms. The molecule has 90 valence electrons. The van der Waals surface area contributed by atoms with Crippen LogP contribution in [-0.2, 0) is 11.2 Å². The summed E-state index contributed by atoms with van der Waals surface area (Å²) in [6.07, 6.45) is 2.11. The van der Waals surface area contributed by atoms with Crippen molar-refractivity contribution in [1.29, 1.82) is 0 Å². The molecule has 1 aliphatic heterocycles. The van der Waals surface area contributed by atoms with E-state index in [4.69, 9.17) is 0 Å². The molecule has 0 radical (unpaired) electrons. The highest BCUT2D eigenvalue weighted by atomic mass is 16.3. The number of hydrogen-bond acceptors (Lipinski definition) is 2. The molecule has 1 aliphatic carbocycles. The van der Waals surface area contributed by atoms with Gasteiger partial charge >= 0.3 is 0 Å². The number of rotatable bonds is 2. The third-order valence-corrected chi connectivity index (χ3v) is 3.94. The lowest BCUT2D eigenvalue weighted by Crippen LogP contribution is -2.19. The van der Waals surface area contributed by atoms with E-state index in [9.17, 15) is 9.90 Å². The van der Waals surface area contributed by atoms with Gasteiger partial charge in [0.1, 0.15) is 0 Å². The minimum Gasteiger partial charge on any atom is -0.388 e. The first kappa shape index (κ1) is 10.8. The number of nitrogens with one attached hydrogen (secondary N) is 1. The molecule has 3 nitrogen and oxygen atoms in total. The van der Waals surface area contributed by atoms with Crippen molar-refractivity contribution < 1.29 is 9.90 Å². The normalized spacial score (nSPS) is 28.2. The minimum atomic E-state index is -0.340. The van der Waals surface area contributed by atoms with Crippen LogP contribution >= 0.6 is 0 Å². The van der Waals surface area contributed by atoms with Crippen LogP contribution < -0.4 is 5.32 Å². The van der Waals surface area contributed by atoms with Gasteiger partial charge in [-0.15, -0.1) is 0 Å². The van der Waals surface area contributed by atoms with Crippen molar-refractivity contribution in [3.8, 4) is 0 Å². The van der Waals surface area contributed by atoms with Gasteiger partial charge < -0.3 is 10.4 Å². The van der Waals surface area contributed by atoms with Crippen LogP contribution in [0.1, 0.15) is 37.0 Å². The number of carbonyl (C=O) groups excluding carboxylic acids is 1. The van der Waals surface area contributed by atoms with Crippen molar-refractivity contribution in [3.05, 3.63) is 29.3 Å². The lowest BCUT2D eigenvalue weighted by Gasteiger charge is -2.19. The number of anilines is 1. The lowest BCUT2D eigenvalue weighted by molar-refractivity contribution is -0.116. The number of aryl methyl sites for hydroxylation is 1. The summed E-state index contributed by atoms with van der Waals surface area (Å²) >= 11 is 0. The van der Waals surface area contributed by atoms with Crippen LogP contribution in [0, 0.1) is 11.8 Å². The Hall–Kier alpha value is -1.35. The third-order valence-electron chi connectivity index (χ3n) is 3.94. The first-order chi connectivity index (χ1) is 8.15. The van der Waals surface area contributed by atoms with E-state index in [2.05, 4.69) is 12.2 Å². The van der Waals surface area contributed by atoms with Gasteiger partial charge in [0.15, 0.2) is 0 Å². The Balaban J connectivity index is 1.85. The molecule has 0 spiro atoms. The molecule has 1 aromatic rings. The molecule has 0 saturated heterocycles. The second kappa shape index (κ2) is 3.84. The molecule has 0 aromatic heterocycles. The smallest absolute Gasteiger partial charge is 0.224 e. The first-order valence-electron chi connectivity index (χ1n) is 6.26. The Morgan fingerprint density at radius 1 is 1.41 bits per heavy atom. The van der Waals surface area contributed by atoms with Gasteiger partial charge in [0, 0.05) is 12.1 Å². The van der Waals surface area contributed by atoms with Crippen LogP contribution in [0.15, 0.2) is 18.2 Å². The average molecular weight is 231 g/mol. The van der Waals surface area contributed by atoms with Crippen molar-refractivity contribution in [2.45, 2.75) is 32.3 Å². The summed E-state index contributed by atoms with van der Waals surface area (Å²) in [5, 5.41) is 13.1. The maximum Gasteiger partial charge on any atom is 0.224 e. The Labute approximate surface area is 101 Å². The molecule has 2 aliphatic rings. The Kier molecular flexibility index (Phi) is 2.44. The molecule has 1 fully saturated rings. The van der Waals surface area contributed by atoms with Crippen molar-refractivity contribution in [2.75, 3.05) is 5.32 Å². The predicted molar refractivity (Wildman–Crippen MR) is 65.6 cm³/mol. The second-order valence-electron chi connectivity index (χ2n) is 5.29. The maximum absolute atomic E-state index is 11.2. The van der Waals surface area contributed by atoms with Crippen LogP contribution in [0.5, 0.6) is 0 Å². The van der Waals surface area contributed by atoms with Gasteiger partial charge in [-0.05, 0) is 41.9 Å². The van der Waals surface area contributed by atoms with Gasteiger partial charge in [0.25, 0.3) is 0 Å². The van der Waals surface area contributed by atoms with Crippen LogP contribution in [0.25, 0.3) is 0 Å². The number of benzene rings is 1. The summed E-state index contributed by atoms with van der Waals surface area (Å²) in [6, 6.07) is 5.89. The summed E-state index contributed by atoms with van der Waals surface area (Å²) in [5.41, 5.74) is 3.05. The summed E-state index contributed by atoms with van der Waals surface area (Å²) < 4.78 is 0. The van der Waals surface area contributed by atoms with Crippen LogP contribution in [0.3, 0.4) is 0 Å². The molecule has 0 bridgehead atoms. The zero-order valence-electron chi connectivity index (χ0n) is 9.94. The third kappa shape index (κ3) is 1.95. The van der Waals surface area contributed by atoms with Crippen LogP contribution in [-0.4, -0.2) is 11.0 Å². The molecule has 1 heterocycles. The standard InChI is InChI=1S/C14H17NO2/c1-8-6-11(8)14(17)10-2-4-12-9(7-10)3-5-13(16)15-12/h2,4,7-8,11,14,17H,3,5-6H2,1H3,(H,15,16). The summed E-state index contributed by atoms with van der Waals surface area (Å²) in [7, 11) is 0. The van der Waals surface area contributed by atoms with E-state index in [-0.39, 0.29) is 12.0 Å². The number of amides is 1. The number of fused-ring (bicyclic) bond motifs is 1. The lowest BCUT2D eigenvalue weighted by atomic mass is 9.96. The summed E-state index contributed by atoms with van der Waals surface area (Å²) in [6.45, 7) is 2.17. The van der Waals surface area contributed by atoms with Crippen molar-refractivity contribution in [1.82, 2.24) is 0 Å². The molecule has 1 amide bonds. The van der Waals surface area contributed by atoms with E-state index in [0.29, 0.717) is 18.3 Å². The highest BCUT2D eigenvalue weighted by Crippen LogP contribution is 2.47. The van der Waals surface area contributed by atoms with Gasteiger partial charge in [-0.1, -0.05) is 19.1 Å². The number of aliphatic hydroxyl groups excluding tert-OH is 1. The predicted octanol–water partition coefficient (Wildman–Crippen LogP) is 2.26. The van der Waals surface area contributed by atoms with Gasteiger partial charge in [-0.25, -0.2) is 0 Å². The van der Waals surface area contributed by atoms with Gasteiger partial charge in [-0.3, -0.25) is 4.79 Å². The fourth-order valence-electron chi connectivity index (χ4n) is 2.63. The Bertz CT molecular complexity index is 469. The van der Waals surface area contributed by atoms with E-state index >= 15 is 0 Å². The fourth-order valence-corrected chi connectivity index (χ4v) is 2.63. The minimum absolute atomic E-state index is 0.0848. The zero-order chi connectivity index (χ0) is 12.0. The number of aliphatic hydroxyl groups is 1. The van der Waals surface area contributed by atoms with E-state index in [1.165, 1.54) is 0 Å². The van der Waals surface area contributed by atoms with Crippen molar-refractivity contribution in [3.63, 3.8) is 0 Å².